The van der Waals surface area contributed by atoms with Gasteiger partial charge in [0.1, 0.15) is 0 Å². The minimum Gasteiger partial charge on any atom is -0.350 e. The Kier molecular flexibility index (Phi) is 3.99. The zero-order valence-electron chi connectivity index (χ0n) is 11.3. The molecule has 21 heavy (non-hydrogen) atoms. The van der Waals surface area contributed by atoms with Gasteiger partial charge in [-0.2, -0.15) is 0 Å². The third-order valence-electron chi connectivity index (χ3n) is 3.41. The van der Waals surface area contributed by atoms with Crippen LogP contribution in [0.4, 0.5) is 0 Å². The fourth-order valence-corrected chi connectivity index (χ4v) is 3.06. The first-order valence-electron chi connectivity index (χ1n) is 6.43. The SMILES string of the molecule is Cn1ccc(-c2ccc(Cl)cc2Cl)c1-c1ccc(Cl)cc1. The summed E-state index contributed by atoms with van der Waals surface area (Å²) < 4.78 is 2.07. The Morgan fingerprint density at radius 2 is 1.43 bits per heavy atom. The summed E-state index contributed by atoms with van der Waals surface area (Å²) in [4.78, 5) is 0. The number of aryl methyl sites for hydroxylation is 1. The lowest BCUT2D eigenvalue weighted by Gasteiger charge is -2.10. The van der Waals surface area contributed by atoms with Crippen LogP contribution in [-0.2, 0) is 7.05 Å². The number of hydrogen-bond acceptors (Lipinski definition) is 0. The average molecular weight is 337 g/mol. The van der Waals surface area contributed by atoms with Crippen LogP contribution in [0.15, 0.2) is 54.7 Å². The molecule has 0 aliphatic carbocycles. The Labute approximate surface area is 138 Å². The molecule has 4 heteroatoms. The zero-order valence-corrected chi connectivity index (χ0v) is 13.5. The number of halogens is 3. The summed E-state index contributed by atoms with van der Waals surface area (Å²) in [7, 11) is 2.01. The van der Waals surface area contributed by atoms with Crippen molar-refractivity contribution in [1.29, 1.82) is 0 Å². The van der Waals surface area contributed by atoms with Gasteiger partial charge in [0.05, 0.1) is 5.69 Å². The number of hydrogen-bond donors (Lipinski definition) is 0. The van der Waals surface area contributed by atoms with E-state index in [0.717, 1.165) is 27.4 Å². The van der Waals surface area contributed by atoms with E-state index in [-0.39, 0.29) is 0 Å². The number of rotatable bonds is 2. The normalized spacial score (nSPS) is 10.9. The summed E-state index contributed by atoms with van der Waals surface area (Å²) in [5.74, 6) is 0. The van der Waals surface area contributed by atoms with Crippen LogP contribution in [0.3, 0.4) is 0 Å². The quantitative estimate of drug-likeness (QED) is 0.516. The molecular weight excluding hydrogens is 325 g/mol. The van der Waals surface area contributed by atoms with Crippen LogP contribution in [0, 0.1) is 0 Å². The number of nitrogens with zero attached hydrogens (tertiary/aromatic N) is 1. The second-order valence-electron chi connectivity index (χ2n) is 4.82. The zero-order chi connectivity index (χ0) is 15.0. The predicted molar refractivity (Wildman–Crippen MR) is 91.3 cm³/mol. The van der Waals surface area contributed by atoms with E-state index in [4.69, 9.17) is 34.8 Å². The van der Waals surface area contributed by atoms with Gasteiger partial charge in [0.25, 0.3) is 0 Å². The van der Waals surface area contributed by atoms with Gasteiger partial charge < -0.3 is 4.57 Å². The van der Waals surface area contributed by atoms with Crippen LogP contribution < -0.4 is 0 Å². The summed E-state index contributed by atoms with van der Waals surface area (Å²) in [6.45, 7) is 0. The van der Waals surface area contributed by atoms with Crippen molar-refractivity contribution in [2.24, 2.45) is 7.05 Å². The Morgan fingerprint density at radius 3 is 2.10 bits per heavy atom. The highest BCUT2D eigenvalue weighted by atomic mass is 35.5. The van der Waals surface area contributed by atoms with Crippen molar-refractivity contribution in [3.05, 3.63) is 69.8 Å². The van der Waals surface area contributed by atoms with Crippen LogP contribution in [-0.4, -0.2) is 4.57 Å². The Hall–Kier alpha value is -1.41. The maximum atomic E-state index is 6.34. The fraction of sp³-hybridized carbons (Fsp3) is 0.0588. The van der Waals surface area contributed by atoms with E-state index in [1.807, 2.05) is 49.6 Å². The maximum absolute atomic E-state index is 6.34. The molecule has 0 bridgehead atoms. The summed E-state index contributed by atoms with van der Waals surface area (Å²) >= 11 is 18.3. The lowest BCUT2D eigenvalue weighted by molar-refractivity contribution is 0.937. The van der Waals surface area contributed by atoms with E-state index in [2.05, 4.69) is 10.6 Å². The highest BCUT2D eigenvalue weighted by molar-refractivity contribution is 6.36. The van der Waals surface area contributed by atoms with Crippen molar-refractivity contribution in [3.8, 4) is 22.4 Å². The van der Waals surface area contributed by atoms with E-state index in [0.29, 0.717) is 10.0 Å². The molecule has 0 spiro atoms. The van der Waals surface area contributed by atoms with Gasteiger partial charge in [0, 0.05) is 39.4 Å². The Balaban J connectivity index is 2.19. The van der Waals surface area contributed by atoms with Crippen molar-refractivity contribution in [2.45, 2.75) is 0 Å². The van der Waals surface area contributed by atoms with E-state index in [9.17, 15) is 0 Å². The summed E-state index contributed by atoms with van der Waals surface area (Å²) in [6, 6.07) is 15.4. The Bertz CT molecular complexity index is 788. The van der Waals surface area contributed by atoms with Gasteiger partial charge in [0.15, 0.2) is 0 Å². The molecule has 0 aliphatic heterocycles. The van der Waals surface area contributed by atoms with E-state index in [1.165, 1.54) is 0 Å². The minimum atomic E-state index is 0.632. The van der Waals surface area contributed by atoms with Gasteiger partial charge in [-0.3, -0.25) is 0 Å². The molecule has 0 fully saturated rings. The van der Waals surface area contributed by atoms with E-state index in [1.54, 1.807) is 6.07 Å². The van der Waals surface area contributed by atoms with Gasteiger partial charge in [-0.1, -0.05) is 53.0 Å². The lowest BCUT2D eigenvalue weighted by atomic mass is 10.0. The van der Waals surface area contributed by atoms with Crippen LogP contribution in [0.5, 0.6) is 0 Å². The van der Waals surface area contributed by atoms with Crippen LogP contribution in [0.25, 0.3) is 22.4 Å². The van der Waals surface area contributed by atoms with Gasteiger partial charge in [-0.05, 0) is 35.9 Å². The summed E-state index contributed by atoms with van der Waals surface area (Å²) in [5.41, 5.74) is 4.22. The first-order valence-corrected chi connectivity index (χ1v) is 7.56. The third-order valence-corrected chi connectivity index (χ3v) is 4.21. The highest BCUT2D eigenvalue weighted by Gasteiger charge is 2.14. The van der Waals surface area contributed by atoms with Gasteiger partial charge >= 0.3 is 0 Å². The topological polar surface area (TPSA) is 4.93 Å². The van der Waals surface area contributed by atoms with Crippen LogP contribution in [0.2, 0.25) is 15.1 Å². The van der Waals surface area contributed by atoms with Crippen LogP contribution >= 0.6 is 34.8 Å². The maximum Gasteiger partial charge on any atom is 0.0557 e. The van der Waals surface area contributed by atoms with Crippen molar-refractivity contribution in [1.82, 2.24) is 4.57 Å². The standard InChI is InChI=1S/C17H12Cl3N/c1-21-9-8-15(14-7-6-13(19)10-16(14)20)17(21)11-2-4-12(18)5-3-11/h2-10H,1H3. The summed E-state index contributed by atoms with van der Waals surface area (Å²) in [5, 5.41) is 2.00. The summed E-state index contributed by atoms with van der Waals surface area (Å²) in [6.07, 6.45) is 2.02. The molecule has 0 atom stereocenters. The largest absolute Gasteiger partial charge is 0.350 e. The Morgan fingerprint density at radius 1 is 0.762 bits per heavy atom. The molecule has 106 valence electrons. The molecule has 1 aromatic heterocycles. The molecule has 0 aliphatic rings. The van der Waals surface area contributed by atoms with Crippen molar-refractivity contribution >= 4 is 34.8 Å². The monoisotopic (exact) mass is 335 g/mol. The first kappa shape index (κ1) is 14.5. The van der Waals surface area contributed by atoms with Crippen molar-refractivity contribution < 1.29 is 0 Å². The molecule has 0 amide bonds. The van der Waals surface area contributed by atoms with Gasteiger partial charge in [0.2, 0.25) is 0 Å². The molecule has 0 unspecified atom stereocenters. The molecule has 3 aromatic rings. The lowest BCUT2D eigenvalue weighted by Crippen LogP contribution is -1.91. The van der Waals surface area contributed by atoms with Crippen molar-refractivity contribution in [3.63, 3.8) is 0 Å². The molecule has 0 N–H and O–H groups in total. The second-order valence-corrected chi connectivity index (χ2v) is 6.10. The molecule has 3 rings (SSSR count). The van der Waals surface area contributed by atoms with E-state index >= 15 is 0 Å². The molecule has 0 saturated heterocycles. The molecule has 0 saturated carbocycles. The highest BCUT2D eigenvalue weighted by Crippen LogP contribution is 2.37. The second kappa shape index (κ2) is 5.76. The number of benzene rings is 2. The minimum absolute atomic E-state index is 0.632. The van der Waals surface area contributed by atoms with Crippen molar-refractivity contribution in [2.75, 3.05) is 0 Å². The van der Waals surface area contributed by atoms with Gasteiger partial charge in [-0.15, -0.1) is 0 Å². The first-order chi connectivity index (χ1) is 10.1. The molecule has 1 nitrogen and oxygen atoms in total. The van der Waals surface area contributed by atoms with Crippen LogP contribution in [0.1, 0.15) is 0 Å². The fourth-order valence-electron chi connectivity index (χ4n) is 2.42. The van der Waals surface area contributed by atoms with E-state index < -0.39 is 0 Å². The molecule has 0 radical (unpaired) electrons. The third kappa shape index (κ3) is 2.82. The predicted octanol–water partition coefficient (Wildman–Crippen LogP) is 6.32. The molecule has 1 heterocycles. The molecular formula is C17H12Cl3N. The smallest absolute Gasteiger partial charge is 0.0557 e. The van der Waals surface area contributed by atoms with Gasteiger partial charge in [-0.25, -0.2) is 0 Å². The average Bonchev–Trinajstić information content (AvgIpc) is 2.82. The number of aromatic nitrogens is 1. The molecule has 2 aromatic carbocycles.